The molecular weight excluding hydrogens is 330 g/mol. The van der Waals surface area contributed by atoms with Gasteiger partial charge in [0.15, 0.2) is 0 Å². The molecule has 1 rings (SSSR count). The summed E-state index contributed by atoms with van der Waals surface area (Å²) in [5, 5.41) is 15.2. The van der Waals surface area contributed by atoms with Crippen molar-refractivity contribution in [1.82, 2.24) is 15.5 Å². The number of likely N-dealkylation sites (N-methyl/N-ethyl adjacent to an activating group) is 1. The van der Waals surface area contributed by atoms with E-state index >= 15 is 0 Å². The fraction of sp³-hybridized carbons (Fsp3) is 0.529. The van der Waals surface area contributed by atoms with E-state index in [9.17, 15) is 14.7 Å². The lowest BCUT2D eigenvalue weighted by Gasteiger charge is -2.15. The molecule has 0 fully saturated rings. The van der Waals surface area contributed by atoms with Gasteiger partial charge in [0.25, 0.3) is 0 Å². The van der Waals surface area contributed by atoms with E-state index in [0.717, 1.165) is 18.4 Å². The molecular formula is C17H28ClN3O3. The smallest absolute Gasteiger partial charge is 0.320 e. The van der Waals surface area contributed by atoms with Gasteiger partial charge in [-0.15, -0.1) is 12.4 Å². The average Bonchev–Trinajstić information content (AvgIpc) is 2.49. The summed E-state index contributed by atoms with van der Waals surface area (Å²) in [6, 6.07) is 9.17. The average molecular weight is 358 g/mol. The van der Waals surface area contributed by atoms with Crippen LogP contribution in [0.4, 0.5) is 0 Å². The molecule has 0 aliphatic carbocycles. The lowest BCUT2D eigenvalue weighted by atomic mass is 10.1. The van der Waals surface area contributed by atoms with Gasteiger partial charge in [0.05, 0.1) is 6.54 Å². The third kappa shape index (κ3) is 10.2. The van der Waals surface area contributed by atoms with Crippen LogP contribution in [0.15, 0.2) is 30.3 Å². The van der Waals surface area contributed by atoms with Crippen LogP contribution in [0.1, 0.15) is 24.8 Å². The normalized spacial score (nSPS) is 11.6. The maximum absolute atomic E-state index is 11.5. The summed E-state index contributed by atoms with van der Waals surface area (Å²) >= 11 is 0. The number of amides is 1. The van der Waals surface area contributed by atoms with Gasteiger partial charge in [-0.3, -0.25) is 9.59 Å². The van der Waals surface area contributed by atoms with Crippen molar-refractivity contribution in [3.8, 4) is 0 Å². The van der Waals surface area contributed by atoms with Crippen LogP contribution in [0.25, 0.3) is 0 Å². The number of hydrogen-bond acceptors (Lipinski definition) is 4. The van der Waals surface area contributed by atoms with E-state index in [0.29, 0.717) is 26.1 Å². The van der Waals surface area contributed by atoms with E-state index in [1.165, 1.54) is 0 Å². The first-order valence-electron chi connectivity index (χ1n) is 7.90. The molecule has 7 heteroatoms. The molecule has 0 bridgehead atoms. The Kier molecular flexibility index (Phi) is 11.9. The summed E-state index contributed by atoms with van der Waals surface area (Å²) in [6.45, 7) is 1.49. The molecule has 0 aliphatic heterocycles. The Bertz CT molecular complexity index is 483. The zero-order valence-electron chi connectivity index (χ0n) is 14.3. The largest absolute Gasteiger partial charge is 0.480 e. The molecule has 6 nitrogen and oxygen atoms in total. The number of carbonyl (C=O) groups excluding carboxylic acids is 1. The standard InChI is InChI=1S/C17H27N3O3.ClH/c1-20(2)13-16(21)18-11-7-6-10-15(17(22)23)19-12-14-8-4-3-5-9-14;/h3-5,8-9,15,19H,6-7,10-13H2,1-2H3,(H,18,21)(H,22,23);1H. The molecule has 1 unspecified atom stereocenters. The lowest BCUT2D eigenvalue weighted by molar-refractivity contribution is -0.139. The maximum Gasteiger partial charge on any atom is 0.320 e. The quantitative estimate of drug-likeness (QED) is 0.523. The summed E-state index contributed by atoms with van der Waals surface area (Å²) in [7, 11) is 3.69. The number of nitrogens with zero attached hydrogens (tertiary/aromatic N) is 1. The highest BCUT2D eigenvalue weighted by molar-refractivity contribution is 5.85. The molecule has 1 amide bonds. The lowest BCUT2D eigenvalue weighted by Crippen LogP contribution is -2.36. The zero-order valence-corrected chi connectivity index (χ0v) is 15.1. The maximum atomic E-state index is 11.5. The fourth-order valence-electron chi connectivity index (χ4n) is 2.19. The fourth-order valence-corrected chi connectivity index (χ4v) is 2.19. The second-order valence-corrected chi connectivity index (χ2v) is 5.84. The number of carboxylic acid groups (broad SMARTS) is 1. The topological polar surface area (TPSA) is 81.7 Å². The van der Waals surface area contributed by atoms with Crippen molar-refractivity contribution >= 4 is 24.3 Å². The number of carbonyl (C=O) groups is 2. The van der Waals surface area contributed by atoms with E-state index in [-0.39, 0.29) is 18.3 Å². The molecule has 0 spiro atoms. The van der Waals surface area contributed by atoms with E-state index in [2.05, 4.69) is 10.6 Å². The highest BCUT2D eigenvalue weighted by Gasteiger charge is 2.16. The molecule has 1 aromatic rings. The van der Waals surface area contributed by atoms with Crippen LogP contribution in [-0.4, -0.2) is 55.1 Å². The van der Waals surface area contributed by atoms with Gasteiger partial charge in [-0.05, 0) is 38.9 Å². The Hall–Kier alpha value is -1.63. The minimum absolute atomic E-state index is 0. The second kappa shape index (κ2) is 12.8. The van der Waals surface area contributed by atoms with Crippen molar-refractivity contribution in [2.75, 3.05) is 27.2 Å². The molecule has 1 aromatic carbocycles. The first kappa shape index (κ1) is 22.4. The molecule has 1 atom stereocenters. The molecule has 0 saturated carbocycles. The van der Waals surface area contributed by atoms with Crippen molar-refractivity contribution < 1.29 is 14.7 Å². The monoisotopic (exact) mass is 357 g/mol. The molecule has 136 valence electrons. The van der Waals surface area contributed by atoms with Gasteiger partial charge < -0.3 is 20.6 Å². The van der Waals surface area contributed by atoms with Gasteiger partial charge in [0.2, 0.25) is 5.91 Å². The molecule has 3 N–H and O–H groups in total. The SMILES string of the molecule is CN(C)CC(=O)NCCCCC(NCc1ccccc1)C(=O)O.Cl. The number of hydrogen-bond donors (Lipinski definition) is 3. The number of unbranched alkanes of at least 4 members (excludes halogenated alkanes) is 1. The van der Waals surface area contributed by atoms with Crippen molar-refractivity contribution in [3.63, 3.8) is 0 Å². The van der Waals surface area contributed by atoms with Gasteiger partial charge in [-0.1, -0.05) is 30.3 Å². The predicted molar refractivity (Wildman–Crippen MR) is 97.4 cm³/mol. The van der Waals surface area contributed by atoms with Crippen LogP contribution in [-0.2, 0) is 16.1 Å². The third-order valence-corrected chi connectivity index (χ3v) is 3.40. The Labute approximate surface area is 150 Å². The zero-order chi connectivity index (χ0) is 17.1. The van der Waals surface area contributed by atoms with E-state index < -0.39 is 12.0 Å². The van der Waals surface area contributed by atoms with Crippen molar-refractivity contribution in [1.29, 1.82) is 0 Å². The van der Waals surface area contributed by atoms with Crippen LogP contribution in [0, 0.1) is 0 Å². The number of halogens is 1. The molecule has 0 heterocycles. The van der Waals surface area contributed by atoms with Crippen molar-refractivity contribution in [2.45, 2.75) is 31.8 Å². The Morgan fingerprint density at radius 3 is 2.42 bits per heavy atom. The Morgan fingerprint density at radius 1 is 1.17 bits per heavy atom. The van der Waals surface area contributed by atoms with Crippen LogP contribution in [0.5, 0.6) is 0 Å². The second-order valence-electron chi connectivity index (χ2n) is 5.84. The summed E-state index contributed by atoms with van der Waals surface area (Å²) in [4.78, 5) is 24.5. The van der Waals surface area contributed by atoms with Crippen LogP contribution in [0.3, 0.4) is 0 Å². The van der Waals surface area contributed by atoms with Gasteiger partial charge >= 0.3 is 5.97 Å². The Balaban J connectivity index is 0.00000529. The molecule has 0 saturated heterocycles. The summed E-state index contributed by atoms with van der Waals surface area (Å²) in [5.41, 5.74) is 1.06. The Morgan fingerprint density at radius 2 is 1.83 bits per heavy atom. The number of benzene rings is 1. The molecule has 24 heavy (non-hydrogen) atoms. The van der Waals surface area contributed by atoms with Crippen molar-refractivity contribution in [2.24, 2.45) is 0 Å². The number of carboxylic acids is 1. The van der Waals surface area contributed by atoms with Gasteiger partial charge in [-0.25, -0.2) is 0 Å². The molecule has 0 radical (unpaired) electrons. The van der Waals surface area contributed by atoms with E-state index in [1.54, 1.807) is 0 Å². The highest BCUT2D eigenvalue weighted by Crippen LogP contribution is 2.04. The van der Waals surface area contributed by atoms with Crippen LogP contribution in [0.2, 0.25) is 0 Å². The first-order chi connectivity index (χ1) is 11.0. The van der Waals surface area contributed by atoms with Gasteiger partial charge in [-0.2, -0.15) is 0 Å². The van der Waals surface area contributed by atoms with Gasteiger partial charge in [0.1, 0.15) is 6.04 Å². The molecule has 0 aliphatic rings. The summed E-state index contributed by atoms with van der Waals surface area (Å²) in [5.74, 6) is -0.843. The minimum atomic E-state index is -0.836. The summed E-state index contributed by atoms with van der Waals surface area (Å²) in [6.07, 6.45) is 2.07. The van der Waals surface area contributed by atoms with Crippen LogP contribution >= 0.6 is 12.4 Å². The first-order valence-corrected chi connectivity index (χ1v) is 7.90. The van der Waals surface area contributed by atoms with E-state index in [4.69, 9.17) is 0 Å². The van der Waals surface area contributed by atoms with Gasteiger partial charge in [0, 0.05) is 13.1 Å². The van der Waals surface area contributed by atoms with Crippen molar-refractivity contribution in [3.05, 3.63) is 35.9 Å². The van der Waals surface area contributed by atoms with Crippen LogP contribution < -0.4 is 10.6 Å². The number of aliphatic carboxylic acids is 1. The number of rotatable bonds is 11. The predicted octanol–water partition coefficient (Wildman–Crippen LogP) is 1.50. The minimum Gasteiger partial charge on any atom is -0.480 e. The number of nitrogens with one attached hydrogen (secondary N) is 2. The van der Waals surface area contributed by atoms with E-state index in [1.807, 2.05) is 49.3 Å². The molecule has 0 aromatic heterocycles. The highest BCUT2D eigenvalue weighted by atomic mass is 35.5. The third-order valence-electron chi connectivity index (χ3n) is 3.40. The summed E-state index contributed by atoms with van der Waals surface area (Å²) < 4.78 is 0.